The molecule has 0 fully saturated rings. The van der Waals surface area contributed by atoms with Crippen LogP contribution < -0.4 is 5.32 Å². The highest BCUT2D eigenvalue weighted by molar-refractivity contribution is 7.11. The van der Waals surface area contributed by atoms with E-state index in [0.29, 0.717) is 5.92 Å². The fourth-order valence-electron chi connectivity index (χ4n) is 1.39. The molecule has 3 heteroatoms. The van der Waals surface area contributed by atoms with E-state index in [1.807, 2.05) is 25.2 Å². The first kappa shape index (κ1) is 11.7. The lowest BCUT2D eigenvalue weighted by Gasteiger charge is -2.09. The summed E-state index contributed by atoms with van der Waals surface area (Å²) in [6, 6.07) is 0. The first-order chi connectivity index (χ1) is 6.77. The van der Waals surface area contributed by atoms with Gasteiger partial charge in [0, 0.05) is 23.9 Å². The maximum Gasteiger partial charge on any atom is 0.0957 e. The van der Waals surface area contributed by atoms with Crippen molar-refractivity contribution in [2.24, 2.45) is 0 Å². The van der Waals surface area contributed by atoms with Crippen LogP contribution in [0.15, 0.2) is 0 Å². The number of aromatic nitrogens is 1. The normalized spacial score (nSPS) is 14.6. The molecule has 1 aliphatic rings. The van der Waals surface area contributed by atoms with Crippen molar-refractivity contribution in [1.82, 2.24) is 10.3 Å². The lowest BCUT2D eigenvalue weighted by Crippen LogP contribution is -2.22. The highest BCUT2D eigenvalue weighted by Crippen LogP contribution is 2.26. The average Bonchev–Trinajstić information content (AvgIpc) is 2.64. The Bertz CT molecular complexity index is 255. The molecule has 1 aromatic heterocycles. The number of hydrogen-bond acceptors (Lipinski definition) is 3. The first-order valence-electron chi connectivity index (χ1n) is 5.46. The van der Waals surface area contributed by atoms with E-state index in [1.54, 1.807) is 0 Å². The van der Waals surface area contributed by atoms with Gasteiger partial charge < -0.3 is 5.32 Å². The van der Waals surface area contributed by atoms with Crippen LogP contribution in [0.25, 0.3) is 0 Å². The summed E-state index contributed by atoms with van der Waals surface area (Å²) in [6.07, 6.45) is 1.17. The summed E-state index contributed by atoms with van der Waals surface area (Å²) in [5.74, 6) is 0.584. The molecule has 2 heterocycles. The number of rotatable bonds is 1. The largest absolute Gasteiger partial charge is 0.311 e. The molecule has 0 radical (unpaired) electrons. The quantitative estimate of drug-likeness (QED) is 0.774. The Hall–Kier alpha value is -0.410. The van der Waals surface area contributed by atoms with Crippen molar-refractivity contribution < 1.29 is 0 Å². The zero-order valence-electron chi connectivity index (χ0n) is 9.55. The van der Waals surface area contributed by atoms with Crippen LogP contribution >= 0.6 is 11.3 Å². The summed E-state index contributed by atoms with van der Waals surface area (Å²) in [6.45, 7) is 10.5. The molecule has 0 atom stereocenters. The number of thiazole rings is 1. The van der Waals surface area contributed by atoms with Gasteiger partial charge in [-0.1, -0.05) is 27.7 Å². The van der Waals surface area contributed by atoms with Gasteiger partial charge in [-0.25, -0.2) is 4.98 Å². The third kappa shape index (κ3) is 2.55. The molecule has 1 aromatic rings. The second-order valence-corrected chi connectivity index (χ2v) is 4.62. The zero-order chi connectivity index (χ0) is 10.6. The molecule has 0 amide bonds. The summed E-state index contributed by atoms with van der Waals surface area (Å²) in [7, 11) is 0. The molecule has 1 N–H and O–H groups in total. The molecular formula is C11H20N2S. The van der Waals surface area contributed by atoms with Crippen LogP contribution in [-0.2, 0) is 13.0 Å². The summed E-state index contributed by atoms with van der Waals surface area (Å²) in [5.41, 5.74) is 1.29. The maximum absolute atomic E-state index is 4.61. The van der Waals surface area contributed by atoms with E-state index in [4.69, 9.17) is 0 Å². The van der Waals surface area contributed by atoms with Crippen LogP contribution in [0.2, 0.25) is 0 Å². The minimum absolute atomic E-state index is 0.584. The van der Waals surface area contributed by atoms with Crippen molar-refractivity contribution in [3.8, 4) is 0 Å². The van der Waals surface area contributed by atoms with Gasteiger partial charge in [0.15, 0.2) is 0 Å². The second-order valence-electron chi connectivity index (χ2n) is 3.50. The molecule has 0 aliphatic carbocycles. The molecule has 0 spiro atoms. The van der Waals surface area contributed by atoms with E-state index in [2.05, 4.69) is 24.1 Å². The Morgan fingerprint density at radius 2 is 2.07 bits per heavy atom. The van der Waals surface area contributed by atoms with Gasteiger partial charge in [-0.05, 0) is 6.42 Å². The van der Waals surface area contributed by atoms with Gasteiger partial charge in [0.1, 0.15) is 0 Å². The molecule has 0 unspecified atom stereocenters. The highest BCUT2D eigenvalue weighted by Gasteiger charge is 2.15. The monoisotopic (exact) mass is 212 g/mol. The van der Waals surface area contributed by atoms with Gasteiger partial charge in [0.2, 0.25) is 0 Å². The molecule has 0 saturated heterocycles. The van der Waals surface area contributed by atoms with Crippen molar-refractivity contribution >= 4 is 11.3 Å². The lowest BCUT2D eigenvalue weighted by molar-refractivity contribution is 0.636. The molecule has 0 saturated carbocycles. The highest BCUT2D eigenvalue weighted by atomic mass is 32.1. The SMILES string of the molecule is CC.CC(C)c1nc2c(s1)CCNC2. The summed E-state index contributed by atoms with van der Waals surface area (Å²) in [4.78, 5) is 6.10. The van der Waals surface area contributed by atoms with E-state index in [1.165, 1.54) is 22.0 Å². The van der Waals surface area contributed by atoms with Crippen LogP contribution in [-0.4, -0.2) is 11.5 Å². The molecule has 1 aliphatic heterocycles. The Kier molecular flexibility index (Phi) is 4.55. The van der Waals surface area contributed by atoms with Crippen LogP contribution in [0.1, 0.15) is 49.2 Å². The Labute approximate surface area is 90.8 Å². The van der Waals surface area contributed by atoms with Crippen molar-refractivity contribution in [2.45, 2.75) is 46.6 Å². The molecule has 80 valence electrons. The molecule has 2 rings (SSSR count). The van der Waals surface area contributed by atoms with Crippen molar-refractivity contribution in [3.63, 3.8) is 0 Å². The van der Waals surface area contributed by atoms with E-state index < -0.39 is 0 Å². The van der Waals surface area contributed by atoms with Crippen LogP contribution in [0.5, 0.6) is 0 Å². The van der Waals surface area contributed by atoms with Gasteiger partial charge in [-0.15, -0.1) is 11.3 Å². The van der Waals surface area contributed by atoms with Gasteiger partial charge in [-0.2, -0.15) is 0 Å². The Morgan fingerprint density at radius 1 is 1.36 bits per heavy atom. The van der Waals surface area contributed by atoms with Gasteiger partial charge in [0.25, 0.3) is 0 Å². The fourth-order valence-corrected chi connectivity index (χ4v) is 2.48. The van der Waals surface area contributed by atoms with Crippen molar-refractivity contribution in [3.05, 3.63) is 15.6 Å². The fraction of sp³-hybridized carbons (Fsp3) is 0.727. The van der Waals surface area contributed by atoms with E-state index in [-0.39, 0.29) is 0 Å². The molecule has 2 nitrogen and oxygen atoms in total. The molecular weight excluding hydrogens is 192 g/mol. The van der Waals surface area contributed by atoms with E-state index in [9.17, 15) is 0 Å². The number of hydrogen-bond donors (Lipinski definition) is 1. The average molecular weight is 212 g/mol. The Morgan fingerprint density at radius 3 is 2.64 bits per heavy atom. The topological polar surface area (TPSA) is 24.9 Å². The number of fused-ring (bicyclic) bond motifs is 1. The van der Waals surface area contributed by atoms with Crippen molar-refractivity contribution in [1.29, 1.82) is 0 Å². The second kappa shape index (κ2) is 5.47. The summed E-state index contributed by atoms with van der Waals surface area (Å²) < 4.78 is 0. The van der Waals surface area contributed by atoms with Crippen LogP contribution in [0.4, 0.5) is 0 Å². The standard InChI is InChI=1S/C9H14N2S.C2H6/c1-6(2)9-11-7-5-10-4-3-8(7)12-9;1-2/h6,10H,3-5H2,1-2H3;1-2H3. The van der Waals surface area contributed by atoms with Gasteiger partial charge >= 0.3 is 0 Å². The van der Waals surface area contributed by atoms with Gasteiger partial charge in [0.05, 0.1) is 10.7 Å². The first-order valence-corrected chi connectivity index (χ1v) is 6.28. The lowest BCUT2D eigenvalue weighted by atomic mass is 10.2. The predicted octanol–water partition coefficient (Wildman–Crippen LogP) is 2.94. The summed E-state index contributed by atoms with van der Waals surface area (Å²) in [5, 5.41) is 4.63. The molecule has 14 heavy (non-hydrogen) atoms. The summed E-state index contributed by atoms with van der Waals surface area (Å²) >= 11 is 1.89. The zero-order valence-corrected chi connectivity index (χ0v) is 10.4. The Balaban J connectivity index is 0.000000461. The molecule has 0 bridgehead atoms. The van der Waals surface area contributed by atoms with Crippen LogP contribution in [0.3, 0.4) is 0 Å². The smallest absolute Gasteiger partial charge is 0.0957 e. The van der Waals surface area contributed by atoms with Gasteiger partial charge in [-0.3, -0.25) is 0 Å². The minimum Gasteiger partial charge on any atom is -0.311 e. The molecule has 0 aromatic carbocycles. The van der Waals surface area contributed by atoms with E-state index in [0.717, 1.165) is 13.1 Å². The third-order valence-electron chi connectivity index (χ3n) is 2.11. The third-order valence-corrected chi connectivity index (χ3v) is 3.57. The number of nitrogens with zero attached hydrogens (tertiary/aromatic N) is 1. The van der Waals surface area contributed by atoms with Crippen molar-refractivity contribution in [2.75, 3.05) is 6.54 Å². The predicted molar refractivity (Wildman–Crippen MR) is 63.0 cm³/mol. The minimum atomic E-state index is 0.584. The number of nitrogens with one attached hydrogen (secondary N) is 1. The van der Waals surface area contributed by atoms with E-state index >= 15 is 0 Å². The van der Waals surface area contributed by atoms with Crippen LogP contribution in [0, 0.1) is 0 Å². The maximum atomic E-state index is 4.61.